The Balaban J connectivity index is 1.77. The molecule has 0 N–H and O–H groups in total. The van der Waals surface area contributed by atoms with Crippen LogP contribution in [0.25, 0.3) is 0 Å². The molecule has 22 heavy (non-hydrogen) atoms. The van der Waals surface area contributed by atoms with Crippen LogP contribution in [0.15, 0.2) is 35.4 Å². The summed E-state index contributed by atoms with van der Waals surface area (Å²) in [4.78, 5) is 35.4. The number of hydrazone groups is 1. The van der Waals surface area contributed by atoms with Crippen LogP contribution in [0.5, 0.6) is 0 Å². The summed E-state index contributed by atoms with van der Waals surface area (Å²) >= 11 is 0. The van der Waals surface area contributed by atoms with Gasteiger partial charge < -0.3 is 9.47 Å². The lowest BCUT2D eigenvalue weighted by Gasteiger charge is -2.23. The minimum Gasteiger partial charge on any atom is -0.463 e. The number of esters is 2. The first-order valence-electron chi connectivity index (χ1n) is 6.98. The highest BCUT2D eigenvalue weighted by Crippen LogP contribution is 2.20. The van der Waals surface area contributed by atoms with Crippen LogP contribution in [0, 0.1) is 0 Å². The Morgan fingerprint density at radius 2 is 2.00 bits per heavy atom. The minimum absolute atomic E-state index is 0.128. The summed E-state index contributed by atoms with van der Waals surface area (Å²) in [6.45, 7) is 0.248. The zero-order valence-corrected chi connectivity index (χ0v) is 11.7. The maximum atomic E-state index is 12.1. The van der Waals surface area contributed by atoms with Gasteiger partial charge in [0.25, 0.3) is 0 Å². The second-order valence-electron chi connectivity index (χ2n) is 4.94. The zero-order valence-electron chi connectivity index (χ0n) is 11.7. The normalized spacial score (nSPS) is 21.4. The highest BCUT2D eigenvalue weighted by atomic mass is 16.6. The van der Waals surface area contributed by atoms with Crippen LogP contribution in [0.2, 0.25) is 0 Å². The molecule has 7 nitrogen and oxygen atoms in total. The lowest BCUT2D eigenvalue weighted by Crippen LogP contribution is -2.36. The van der Waals surface area contributed by atoms with Crippen LogP contribution in [0.1, 0.15) is 19.3 Å². The Kier molecular flexibility index (Phi) is 3.86. The summed E-state index contributed by atoms with van der Waals surface area (Å²) < 4.78 is 9.84. The lowest BCUT2D eigenvalue weighted by atomic mass is 10.1. The van der Waals surface area contributed by atoms with E-state index in [1.807, 2.05) is 6.07 Å². The molecule has 0 aliphatic carbocycles. The third kappa shape index (κ3) is 2.83. The first-order valence-corrected chi connectivity index (χ1v) is 6.98. The largest absolute Gasteiger partial charge is 0.463 e. The molecule has 7 heteroatoms. The van der Waals surface area contributed by atoms with Crippen molar-refractivity contribution < 1.29 is 23.9 Å². The Bertz CT molecular complexity index is 641. The lowest BCUT2D eigenvalue weighted by molar-refractivity contribution is -0.155. The molecule has 1 aromatic carbocycles. The van der Waals surface area contributed by atoms with Crippen LogP contribution in [0.4, 0.5) is 5.69 Å². The van der Waals surface area contributed by atoms with Crippen LogP contribution >= 0.6 is 0 Å². The van der Waals surface area contributed by atoms with E-state index in [2.05, 4.69) is 5.10 Å². The van der Waals surface area contributed by atoms with Gasteiger partial charge in [-0.05, 0) is 12.1 Å². The number of rotatable bonds is 3. The topological polar surface area (TPSA) is 85.3 Å². The van der Waals surface area contributed by atoms with Gasteiger partial charge in [0.2, 0.25) is 12.0 Å². The van der Waals surface area contributed by atoms with Gasteiger partial charge in [-0.1, -0.05) is 18.2 Å². The monoisotopic (exact) mass is 302 g/mol. The Morgan fingerprint density at radius 1 is 1.23 bits per heavy atom. The van der Waals surface area contributed by atoms with Crippen molar-refractivity contribution in [1.82, 2.24) is 0 Å². The highest BCUT2D eigenvalue weighted by Gasteiger charge is 2.33. The fourth-order valence-electron chi connectivity index (χ4n) is 2.25. The number of ether oxygens (including phenoxy) is 2. The molecule has 0 radical (unpaired) electrons. The van der Waals surface area contributed by atoms with E-state index in [0.29, 0.717) is 12.1 Å². The maximum Gasteiger partial charge on any atom is 0.355 e. The number of benzene rings is 1. The predicted molar refractivity (Wildman–Crippen MR) is 76.1 cm³/mol. The molecular formula is C15H14N2O5. The number of cyclic esters (lactones) is 1. The van der Waals surface area contributed by atoms with Crippen LogP contribution in [-0.2, 0) is 23.9 Å². The Labute approximate surface area is 126 Å². The SMILES string of the molecule is O=C(O[C@H]1CCOC1=O)C1=NN(c2ccccc2)C(=O)CC1. The number of amides is 1. The average molecular weight is 302 g/mol. The van der Waals surface area contributed by atoms with Crippen molar-refractivity contribution in [1.29, 1.82) is 0 Å². The molecular weight excluding hydrogens is 288 g/mol. The fraction of sp³-hybridized carbons (Fsp3) is 0.333. The van der Waals surface area contributed by atoms with Crippen LogP contribution in [-0.4, -0.2) is 36.3 Å². The summed E-state index contributed by atoms with van der Waals surface area (Å²) in [6.07, 6.45) is -0.169. The number of anilines is 1. The Morgan fingerprint density at radius 3 is 2.68 bits per heavy atom. The van der Waals surface area contributed by atoms with E-state index < -0.39 is 18.0 Å². The summed E-state index contributed by atoms with van der Waals surface area (Å²) in [7, 11) is 0. The molecule has 0 saturated carbocycles. The summed E-state index contributed by atoms with van der Waals surface area (Å²) in [5, 5.41) is 5.26. The predicted octanol–water partition coefficient (Wildman–Crippen LogP) is 1.03. The minimum atomic E-state index is -0.877. The summed E-state index contributed by atoms with van der Waals surface area (Å²) in [5.41, 5.74) is 0.709. The number of nitrogens with zero attached hydrogens (tertiary/aromatic N) is 2. The van der Waals surface area contributed by atoms with Crippen molar-refractivity contribution in [3.8, 4) is 0 Å². The summed E-state index contributed by atoms with van der Waals surface area (Å²) in [5.74, 6) is -1.42. The molecule has 2 aliphatic rings. The molecule has 0 bridgehead atoms. The standard InChI is InChI=1S/C15H14N2O5/c18-13-7-6-11(14(19)22-12-8-9-21-15(12)20)16-17(13)10-4-2-1-3-5-10/h1-5,12H,6-9H2/t12-/m0/s1. The van der Waals surface area contributed by atoms with Crippen molar-refractivity contribution in [3.63, 3.8) is 0 Å². The second kappa shape index (κ2) is 5.97. The third-order valence-electron chi connectivity index (χ3n) is 3.41. The number of para-hydroxylation sites is 1. The molecule has 2 heterocycles. The molecule has 1 amide bonds. The van der Waals surface area contributed by atoms with Crippen LogP contribution < -0.4 is 5.01 Å². The number of carbonyl (C=O) groups is 3. The zero-order chi connectivity index (χ0) is 15.5. The molecule has 1 aromatic rings. The fourth-order valence-corrected chi connectivity index (χ4v) is 2.25. The van der Waals surface area contributed by atoms with Crippen molar-refractivity contribution in [3.05, 3.63) is 30.3 Å². The first kappa shape index (κ1) is 14.2. The van der Waals surface area contributed by atoms with Gasteiger partial charge in [0.15, 0.2) is 0 Å². The molecule has 1 atom stereocenters. The van der Waals surface area contributed by atoms with Crippen molar-refractivity contribution >= 4 is 29.2 Å². The molecule has 2 aliphatic heterocycles. The Hall–Kier alpha value is -2.70. The maximum absolute atomic E-state index is 12.1. The van der Waals surface area contributed by atoms with Crippen molar-refractivity contribution in [2.45, 2.75) is 25.4 Å². The van der Waals surface area contributed by atoms with E-state index in [1.165, 1.54) is 5.01 Å². The highest BCUT2D eigenvalue weighted by molar-refractivity contribution is 6.38. The molecule has 3 rings (SSSR count). The molecule has 0 aromatic heterocycles. The molecule has 0 spiro atoms. The first-order chi connectivity index (χ1) is 10.6. The number of hydrogen-bond acceptors (Lipinski definition) is 6. The van der Waals surface area contributed by atoms with E-state index in [0.717, 1.165) is 0 Å². The van der Waals surface area contributed by atoms with Gasteiger partial charge in [0.05, 0.1) is 12.3 Å². The van der Waals surface area contributed by atoms with Gasteiger partial charge >= 0.3 is 11.9 Å². The van der Waals surface area contributed by atoms with Gasteiger partial charge in [-0.3, -0.25) is 4.79 Å². The van der Waals surface area contributed by atoms with Gasteiger partial charge in [-0.2, -0.15) is 5.10 Å². The van der Waals surface area contributed by atoms with E-state index in [4.69, 9.17) is 9.47 Å². The summed E-state index contributed by atoms with van der Waals surface area (Å²) in [6, 6.07) is 8.83. The van der Waals surface area contributed by atoms with E-state index in [-0.39, 0.29) is 31.1 Å². The van der Waals surface area contributed by atoms with Gasteiger partial charge in [-0.15, -0.1) is 0 Å². The van der Waals surface area contributed by atoms with Crippen molar-refractivity contribution in [2.75, 3.05) is 11.6 Å². The molecule has 0 unspecified atom stereocenters. The van der Waals surface area contributed by atoms with E-state index in [9.17, 15) is 14.4 Å². The van der Waals surface area contributed by atoms with Gasteiger partial charge in [0.1, 0.15) is 5.71 Å². The van der Waals surface area contributed by atoms with Crippen molar-refractivity contribution in [2.24, 2.45) is 5.10 Å². The van der Waals surface area contributed by atoms with E-state index >= 15 is 0 Å². The number of carbonyl (C=O) groups excluding carboxylic acids is 3. The quantitative estimate of drug-likeness (QED) is 0.778. The van der Waals surface area contributed by atoms with Crippen LogP contribution in [0.3, 0.4) is 0 Å². The molecule has 1 saturated heterocycles. The smallest absolute Gasteiger partial charge is 0.355 e. The molecule has 1 fully saturated rings. The number of hydrogen-bond donors (Lipinski definition) is 0. The van der Waals surface area contributed by atoms with E-state index in [1.54, 1.807) is 24.3 Å². The third-order valence-corrected chi connectivity index (χ3v) is 3.41. The second-order valence-corrected chi connectivity index (χ2v) is 4.94. The van der Waals surface area contributed by atoms with Gasteiger partial charge in [-0.25, -0.2) is 14.6 Å². The molecule has 114 valence electrons. The van der Waals surface area contributed by atoms with Gasteiger partial charge in [0, 0.05) is 19.3 Å². The average Bonchev–Trinajstić information content (AvgIpc) is 2.93.